The molecule has 6 nitrogen and oxygen atoms in total. The summed E-state index contributed by atoms with van der Waals surface area (Å²) in [4.78, 5) is 12.4. The Labute approximate surface area is 152 Å². The number of fused-ring (bicyclic) bond motifs is 1. The second-order valence-corrected chi connectivity index (χ2v) is 7.29. The Bertz CT molecular complexity index is 985. The number of rotatable bonds is 2. The average Bonchev–Trinajstić information content (AvgIpc) is 3.24. The molecule has 1 N–H and O–H groups in total. The maximum absolute atomic E-state index is 14.5. The summed E-state index contributed by atoms with van der Waals surface area (Å²) in [6.45, 7) is 2.00. The van der Waals surface area contributed by atoms with E-state index in [1.807, 2.05) is 4.90 Å². The molecule has 0 unspecified atom stereocenters. The van der Waals surface area contributed by atoms with Crippen LogP contribution in [0.25, 0.3) is 10.9 Å². The summed E-state index contributed by atoms with van der Waals surface area (Å²) in [5.41, 5.74) is 0.467. The van der Waals surface area contributed by atoms with Gasteiger partial charge in [0.25, 0.3) is 0 Å². The highest BCUT2D eigenvalue weighted by Crippen LogP contribution is 2.48. The van der Waals surface area contributed by atoms with Gasteiger partial charge < -0.3 is 9.80 Å². The van der Waals surface area contributed by atoms with E-state index in [-0.39, 0.29) is 11.4 Å². The van der Waals surface area contributed by atoms with Crippen molar-refractivity contribution < 1.29 is 8.78 Å². The van der Waals surface area contributed by atoms with E-state index < -0.39 is 5.82 Å². The van der Waals surface area contributed by atoms with Gasteiger partial charge in [-0.25, -0.2) is 18.7 Å². The number of hydrogen-bond acceptors (Lipinski definition) is 5. The number of H-pyrrole nitrogens is 1. The SMILES string of the molecule is Fc1cnc(N2CCN(c3n[nH]c4cc(Cl)cc(F)c34)C3(CC3)C2)nc1. The Morgan fingerprint density at radius 3 is 2.62 bits per heavy atom. The number of aromatic nitrogens is 4. The van der Waals surface area contributed by atoms with Gasteiger partial charge in [-0.3, -0.25) is 5.10 Å². The van der Waals surface area contributed by atoms with Crippen molar-refractivity contribution in [3.8, 4) is 0 Å². The fourth-order valence-corrected chi connectivity index (χ4v) is 3.98. The van der Waals surface area contributed by atoms with Gasteiger partial charge in [-0.2, -0.15) is 5.10 Å². The maximum atomic E-state index is 14.5. The van der Waals surface area contributed by atoms with Crippen molar-refractivity contribution in [3.63, 3.8) is 0 Å². The number of aromatic amines is 1. The third-order valence-corrected chi connectivity index (χ3v) is 5.40. The summed E-state index contributed by atoms with van der Waals surface area (Å²) in [5, 5.41) is 8.06. The zero-order chi connectivity index (χ0) is 17.9. The molecule has 0 bridgehead atoms. The monoisotopic (exact) mass is 376 g/mol. The van der Waals surface area contributed by atoms with E-state index in [4.69, 9.17) is 11.6 Å². The highest BCUT2D eigenvalue weighted by Gasteiger charge is 2.53. The number of anilines is 2. The highest BCUT2D eigenvalue weighted by molar-refractivity contribution is 6.31. The molecule has 0 atom stereocenters. The van der Waals surface area contributed by atoms with Crippen LogP contribution in [0.4, 0.5) is 20.5 Å². The van der Waals surface area contributed by atoms with Gasteiger partial charge in [0.15, 0.2) is 11.6 Å². The molecule has 2 aliphatic rings. The van der Waals surface area contributed by atoms with Crippen LogP contribution in [0.2, 0.25) is 5.02 Å². The molecule has 1 saturated carbocycles. The van der Waals surface area contributed by atoms with Crippen molar-refractivity contribution >= 4 is 34.3 Å². The highest BCUT2D eigenvalue weighted by atomic mass is 35.5. The van der Waals surface area contributed by atoms with Crippen molar-refractivity contribution in [2.24, 2.45) is 0 Å². The van der Waals surface area contributed by atoms with Crippen molar-refractivity contribution in [1.29, 1.82) is 0 Å². The van der Waals surface area contributed by atoms with Crippen molar-refractivity contribution in [2.75, 3.05) is 29.4 Å². The molecular weight excluding hydrogens is 362 g/mol. The standard InChI is InChI=1S/C17H15ClF2N6/c18-10-5-12(20)14-13(6-10)23-24-15(14)26-4-3-25(9-17(26)1-2-17)16-21-7-11(19)8-22-16/h5-8H,1-4,9H2,(H,23,24). The third-order valence-electron chi connectivity index (χ3n) is 5.18. The molecule has 1 spiro atoms. The number of halogens is 3. The van der Waals surface area contributed by atoms with E-state index in [1.165, 1.54) is 18.5 Å². The zero-order valence-corrected chi connectivity index (χ0v) is 14.5. The lowest BCUT2D eigenvalue weighted by Crippen LogP contribution is -2.56. The maximum Gasteiger partial charge on any atom is 0.225 e. The molecule has 0 radical (unpaired) electrons. The van der Waals surface area contributed by atoms with Gasteiger partial charge in [-0.1, -0.05) is 11.6 Å². The molecule has 1 aromatic carbocycles. The second-order valence-electron chi connectivity index (χ2n) is 6.86. The molecule has 1 aliphatic carbocycles. The van der Waals surface area contributed by atoms with E-state index in [9.17, 15) is 8.78 Å². The summed E-state index contributed by atoms with van der Waals surface area (Å²) in [6.07, 6.45) is 4.31. The molecule has 3 aromatic rings. The molecular formula is C17H15ClF2N6. The Kier molecular flexibility index (Phi) is 3.34. The minimum absolute atomic E-state index is 0.121. The fraction of sp³-hybridized carbons (Fsp3) is 0.353. The molecule has 3 heterocycles. The molecule has 1 aliphatic heterocycles. The Hall–Kier alpha value is -2.48. The van der Waals surface area contributed by atoms with Gasteiger partial charge in [0.1, 0.15) is 5.82 Å². The Morgan fingerprint density at radius 2 is 1.88 bits per heavy atom. The molecule has 1 saturated heterocycles. The summed E-state index contributed by atoms with van der Waals surface area (Å²) in [5.74, 6) is 0.301. The largest absolute Gasteiger partial charge is 0.345 e. The van der Waals surface area contributed by atoms with Gasteiger partial charge in [-0.05, 0) is 25.0 Å². The molecule has 0 amide bonds. The first-order chi connectivity index (χ1) is 12.6. The summed E-state index contributed by atoms with van der Waals surface area (Å²) in [6, 6.07) is 2.99. The molecule has 2 aromatic heterocycles. The van der Waals surface area contributed by atoms with Crippen LogP contribution in [0, 0.1) is 11.6 Å². The lowest BCUT2D eigenvalue weighted by molar-refractivity contribution is 0.497. The first kappa shape index (κ1) is 15.7. The quantitative estimate of drug-likeness (QED) is 0.744. The lowest BCUT2D eigenvalue weighted by atomic mass is 10.1. The predicted octanol–water partition coefficient (Wildman–Crippen LogP) is 3.14. The Balaban J connectivity index is 1.48. The number of piperazine rings is 1. The van der Waals surface area contributed by atoms with Crippen LogP contribution >= 0.6 is 11.6 Å². The molecule has 2 fully saturated rings. The Morgan fingerprint density at radius 1 is 1.12 bits per heavy atom. The summed E-state index contributed by atoms with van der Waals surface area (Å²) >= 11 is 5.94. The van der Waals surface area contributed by atoms with Crippen LogP contribution in [0.3, 0.4) is 0 Å². The van der Waals surface area contributed by atoms with Gasteiger partial charge in [-0.15, -0.1) is 0 Å². The van der Waals surface area contributed by atoms with Gasteiger partial charge in [0.05, 0.1) is 28.8 Å². The van der Waals surface area contributed by atoms with E-state index in [0.717, 1.165) is 12.8 Å². The van der Waals surface area contributed by atoms with Crippen LogP contribution in [-0.4, -0.2) is 45.3 Å². The van der Waals surface area contributed by atoms with Crippen molar-refractivity contribution in [3.05, 3.63) is 41.2 Å². The van der Waals surface area contributed by atoms with E-state index >= 15 is 0 Å². The van der Waals surface area contributed by atoms with E-state index in [0.29, 0.717) is 47.3 Å². The van der Waals surface area contributed by atoms with Crippen LogP contribution in [0.5, 0.6) is 0 Å². The first-order valence-electron chi connectivity index (χ1n) is 8.39. The van der Waals surface area contributed by atoms with Crippen LogP contribution in [0.1, 0.15) is 12.8 Å². The van der Waals surface area contributed by atoms with Crippen LogP contribution < -0.4 is 9.80 Å². The number of nitrogens with one attached hydrogen (secondary N) is 1. The number of benzene rings is 1. The molecule has 5 rings (SSSR count). The average molecular weight is 377 g/mol. The lowest BCUT2D eigenvalue weighted by Gasteiger charge is -2.42. The zero-order valence-electron chi connectivity index (χ0n) is 13.7. The van der Waals surface area contributed by atoms with Crippen LogP contribution in [0.15, 0.2) is 24.5 Å². The minimum Gasteiger partial charge on any atom is -0.345 e. The third kappa shape index (κ3) is 2.39. The number of hydrogen-bond donors (Lipinski definition) is 1. The second kappa shape index (κ2) is 5.51. The fourth-order valence-electron chi connectivity index (χ4n) is 3.77. The summed E-state index contributed by atoms with van der Waals surface area (Å²) in [7, 11) is 0. The van der Waals surface area contributed by atoms with Crippen molar-refractivity contribution in [2.45, 2.75) is 18.4 Å². The molecule has 9 heteroatoms. The minimum atomic E-state index is -0.453. The molecule has 26 heavy (non-hydrogen) atoms. The first-order valence-corrected chi connectivity index (χ1v) is 8.77. The van der Waals surface area contributed by atoms with Gasteiger partial charge in [0, 0.05) is 24.7 Å². The number of nitrogens with zero attached hydrogens (tertiary/aromatic N) is 5. The normalized spacial score (nSPS) is 18.7. The van der Waals surface area contributed by atoms with Crippen LogP contribution in [-0.2, 0) is 0 Å². The smallest absolute Gasteiger partial charge is 0.225 e. The summed E-state index contributed by atoms with van der Waals surface area (Å²) < 4.78 is 27.6. The predicted molar refractivity (Wildman–Crippen MR) is 94.6 cm³/mol. The van der Waals surface area contributed by atoms with Gasteiger partial charge >= 0.3 is 0 Å². The van der Waals surface area contributed by atoms with Gasteiger partial charge in [0.2, 0.25) is 5.95 Å². The van der Waals surface area contributed by atoms with Crippen molar-refractivity contribution in [1.82, 2.24) is 20.2 Å². The van der Waals surface area contributed by atoms with E-state index in [2.05, 4.69) is 25.1 Å². The molecule has 134 valence electrons. The topological polar surface area (TPSA) is 60.9 Å². The van der Waals surface area contributed by atoms with E-state index in [1.54, 1.807) is 6.07 Å².